The summed E-state index contributed by atoms with van der Waals surface area (Å²) in [4.78, 5) is 0. The predicted octanol–water partition coefficient (Wildman–Crippen LogP) is 2.42. The highest BCUT2D eigenvalue weighted by atomic mass is 19.4. The fraction of sp³-hybridized carbons (Fsp3) is 0.455. The molecule has 2 aliphatic rings. The first kappa shape index (κ1) is 10.7. The van der Waals surface area contributed by atoms with Gasteiger partial charge in [-0.1, -0.05) is 0 Å². The van der Waals surface area contributed by atoms with E-state index in [1.54, 1.807) is 0 Å². The number of ether oxygens (including phenoxy) is 2. The van der Waals surface area contributed by atoms with Crippen LogP contribution >= 0.6 is 0 Å². The minimum Gasteiger partial charge on any atom is -0.454 e. The molecule has 0 amide bonds. The SMILES string of the molecule is OC1(c2c(C(F)(F)F)ccc3c2OCO3)CC1. The van der Waals surface area contributed by atoms with E-state index in [4.69, 9.17) is 9.47 Å². The van der Waals surface area contributed by atoms with Gasteiger partial charge in [-0.25, -0.2) is 0 Å². The molecule has 1 aromatic carbocycles. The van der Waals surface area contributed by atoms with Gasteiger partial charge in [0.05, 0.1) is 11.2 Å². The molecule has 0 saturated heterocycles. The van der Waals surface area contributed by atoms with E-state index >= 15 is 0 Å². The third-order valence-electron chi connectivity index (χ3n) is 3.03. The Morgan fingerprint density at radius 3 is 2.47 bits per heavy atom. The molecule has 3 rings (SSSR count). The number of hydrogen-bond acceptors (Lipinski definition) is 3. The van der Waals surface area contributed by atoms with Gasteiger partial charge in [-0.15, -0.1) is 0 Å². The van der Waals surface area contributed by atoms with Crippen molar-refractivity contribution >= 4 is 0 Å². The fourth-order valence-corrected chi connectivity index (χ4v) is 2.04. The first-order valence-electron chi connectivity index (χ1n) is 5.14. The highest BCUT2D eigenvalue weighted by Crippen LogP contribution is 2.56. The zero-order chi connectivity index (χ0) is 12.3. The quantitative estimate of drug-likeness (QED) is 0.827. The van der Waals surface area contributed by atoms with E-state index < -0.39 is 17.3 Å². The molecule has 1 N–H and O–H groups in total. The van der Waals surface area contributed by atoms with Crippen LogP contribution in [0.3, 0.4) is 0 Å². The average Bonchev–Trinajstić information content (AvgIpc) is 2.81. The monoisotopic (exact) mass is 246 g/mol. The van der Waals surface area contributed by atoms with Crippen molar-refractivity contribution in [3.63, 3.8) is 0 Å². The molecule has 1 aliphatic heterocycles. The molecule has 17 heavy (non-hydrogen) atoms. The summed E-state index contributed by atoms with van der Waals surface area (Å²) in [7, 11) is 0. The highest BCUT2D eigenvalue weighted by molar-refractivity contribution is 5.57. The molecule has 92 valence electrons. The van der Waals surface area contributed by atoms with Crippen LogP contribution in [0.1, 0.15) is 24.0 Å². The van der Waals surface area contributed by atoms with E-state index in [0.29, 0.717) is 12.8 Å². The smallest absolute Gasteiger partial charge is 0.416 e. The number of rotatable bonds is 1. The topological polar surface area (TPSA) is 38.7 Å². The highest BCUT2D eigenvalue weighted by Gasteiger charge is 2.51. The van der Waals surface area contributed by atoms with Crippen LogP contribution < -0.4 is 9.47 Å². The normalized spacial score (nSPS) is 20.5. The Balaban J connectivity index is 2.23. The molecule has 1 fully saturated rings. The molecule has 0 spiro atoms. The van der Waals surface area contributed by atoms with E-state index in [0.717, 1.165) is 6.07 Å². The van der Waals surface area contributed by atoms with Crippen LogP contribution in [-0.2, 0) is 11.8 Å². The van der Waals surface area contributed by atoms with Crippen LogP contribution in [0.15, 0.2) is 12.1 Å². The second-order valence-electron chi connectivity index (χ2n) is 4.25. The summed E-state index contributed by atoms with van der Waals surface area (Å²) in [5.41, 5.74) is -2.44. The Labute approximate surface area is 94.8 Å². The Bertz CT molecular complexity index is 478. The molecule has 3 nitrogen and oxygen atoms in total. The number of alkyl halides is 3. The lowest BCUT2D eigenvalue weighted by Crippen LogP contribution is -2.16. The maximum atomic E-state index is 12.9. The lowest BCUT2D eigenvalue weighted by Gasteiger charge is -2.18. The summed E-state index contributed by atoms with van der Waals surface area (Å²) in [6.07, 6.45) is -3.87. The van der Waals surface area contributed by atoms with Crippen molar-refractivity contribution < 1.29 is 27.8 Å². The van der Waals surface area contributed by atoms with Crippen molar-refractivity contribution in [2.24, 2.45) is 0 Å². The maximum absolute atomic E-state index is 12.9. The zero-order valence-electron chi connectivity index (χ0n) is 8.67. The zero-order valence-corrected chi connectivity index (χ0v) is 8.67. The molecule has 0 atom stereocenters. The lowest BCUT2D eigenvalue weighted by atomic mass is 9.98. The second-order valence-corrected chi connectivity index (χ2v) is 4.25. The predicted molar refractivity (Wildman–Crippen MR) is 50.7 cm³/mol. The molecule has 1 aromatic rings. The Kier molecular flexibility index (Phi) is 1.93. The van der Waals surface area contributed by atoms with Crippen molar-refractivity contribution in [1.29, 1.82) is 0 Å². The van der Waals surface area contributed by atoms with E-state index in [2.05, 4.69) is 0 Å². The Morgan fingerprint density at radius 2 is 1.88 bits per heavy atom. The van der Waals surface area contributed by atoms with Crippen LogP contribution in [0.4, 0.5) is 13.2 Å². The van der Waals surface area contributed by atoms with Crippen LogP contribution in [0.2, 0.25) is 0 Å². The van der Waals surface area contributed by atoms with Gasteiger partial charge in [0, 0.05) is 5.56 Å². The van der Waals surface area contributed by atoms with Gasteiger partial charge in [0.15, 0.2) is 11.5 Å². The lowest BCUT2D eigenvalue weighted by molar-refractivity contribution is -0.139. The minimum absolute atomic E-state index is 0.0276. The van der Waals surface area contributed by atoms with Crippen LogP contribution in [0, 0.1) is 0 Å². The van der Waals surface area contributed by atoms with Gasteiger partial charge in [-0.05, 0) is 25.0 Å². The van der Waals surface area contributed by atoms with E-state index in [-0.39, 0.29) is 23.9 Å². The first-order valence-corrected chi connectivity index (χ1v) is 5.14. The van der Waals surface area contributed by atoms with E-state index in [1.165, 1.54) is 6.07 Å². The third kappa shape index (κ3) is 1.55. The standard InChI is InChI=1S/C11H9F3O3/c12-11(13,14)6-1-2-7-9(17-5-16-7)8(6)10(15)3-4-10/h1-2,15H,3-5H2. The molecule has 0 unspecified atom stereocenters. The summed E-state index contributed by atoms with van der Waals surface area (Å²) in [5, 5.41) is 9.97. The summed E-state index contributed by atoms with van der Waals surface area (Å²) in [6.45, 7) is -0.111. The number of hydrogen-bond donors (Lipinski definition) is 1. The molecule has 0 bridgehead atoms. The number of aliphatic hydroxyl groups is 1. The molecule has 1 saturated carbocycles. The van der Waals surface area contributed by atoms with Crippen LogP contribution in [0.25, 0.3) is 0 Å². The summed E-state index contributed by atoms with van der Waals surface area (Å²) < 4.78 is 48.7. The van der Waals surface area contributed by atoms with Gasteiger partial charge in [0.1, 0.15) is 0 Å². The maximum Gasteiger partial charge on any atom is 0.416 e. The van der Waals surface area contributed by atoms with Crippen molar-refractivity contribution in [2.75, 3.05) is 6.79 Å². The van der Waals surface area contributed by atoms with Crippen LogP contribution in [-0.4, -0.2) is 11.9 Å². The van der Waals surface area contributed by atoms with Gasteiger partial charge in [-0.2, -0.15) is 13.2 Å². The molecular formula is C11H9F3O3. The molecule has 0 radical (unpaired) electrons. The summed E-state index contributed by atoms with van der Waals surface area (Å²) >= 11 is 0. The Morgan fingerprint density at radius 1 is 1.18 bits per heavy atom. The van der Waals surface area contributed by atoms with Crippen molar-refractivity contribution in [3.8, 4) is 11.5 Å². The van der Waals surface area contributed by atoms with Gasteiger partial charge in [0.2, 0.25) is 6.79 Å². The molecule has 6 heteroatoms. The van der Waals surface area contributed by atoms with E-state index in [9.17, 15) is 18.3 Å². The Hall–Kier alpha value is -1.43. The van der Waals surface area contributed by atoms with E-state index in [1.807, 2.05) is 0 Å². The van der Waals surface area contributed by atoms with Gasteiger partial charge < -0.3 is 14.6 Å². The van der Waals surface area contributed by atoms with Crippen molar-refractivity contribution in [2.45, 2.75) is 24.6 Å². The molecular weight excluding hydrogens is 237 g/mol. The summed E-state index contributed by atoms with van der Waals surface area (Å²) in [5.74, 6) is 0.285. The van der Waals surface area contributed by atoms with Crippen molar-refractivity contribution in [3.05, 3.63) is 23.3 Å². The van der Waals surface area contributed by atoms with Gasteiger partial charge >= 0.3 is 6.18 Å². The molecule has 1 heterocycles. The van der Waals surface area contributed by atoms with Gasteiger partial charge in [-0.3, -0.25) is 0 Å². The number of fused-ring (bicyclic) bond motifs is 1. The largest absolute Gasteiger partial charge is 0.454 e. The second kappa shape index (κ2) is 3.07. The van der Waals surface area contributed by atoms with Crippen LogP contribution in [0.5, 0.6) is 11.5 Å². The first-order chi connectivity index (χ1) is 7.92. The summed E-state index contributed by atoms with van der Waals surface area (Å²) in [6, 6.07) is 2.15. The van der Waals surface area contributed by atoms with Gasteiger partial charge in [0.25, 0.3) is 0 Å². The molecule has 0 aromatic heterocycles. The number of halogens is 3. The third-order valence-corrected chi connectivity index (χ3v) is 3.03. The molecule has 1 aliphatic carbocycles. The van der Waals surface area contributed by atoms with Crippen molar-refractivity contribution in [1.82, 2.24) is 0 Å². The average molecular weight is 246 g/mol. The minimum atomic E-state index is -4.51. The number of benzene rings is 1. The fourth-order valence-electron chi connectivity index (χ4n) is 2.04.